The van der Waals surface area contributed by atoms with Crippen molar-refractivity contribution in [1.82, 2.24) is 0 Å². The Bertz CT molecular complexity index is 336. The van der Waals surface area contributed by atoms with Crippen molar-refractivity contribution in [3.63, 3.8) is 0 Å². The average Bonchev–Trinajstić information content (AvgIpc) is 2.85. The third-order valence-corrected chi connectivity index (χ3v) is 2.82. The normalized spacial score (nSPS) is 23.9. The van der Waals surface area contributed by atoms with Crippen LogP contribution in [-0.2, 0) is 9.47 Å². The maximum atomic E-state index is 8.76. The number of rotatable bonds is 5. The molecule has 4 heteroatoms. The fourth-order valence-corrected chi connectivity index (χ4v) is 1.85. The summed E-state index contributed by atoms with van der Waals surface area (Å²) >= 11 is 0. The van der Waals surface area contributed by atoms with Gasteiger partial charge in [-0.15, -0.1) is 0 Å². The molecule has 1 aromatic rings. The van der Waals surface area contributed by atoms with Crippen LogP contribution in [0.1, 0.15) is 24.7 Å². The van der Waals surface area contributed by atoms with E-state index < -0.39 is 0 Å². The standard InChI is InChI=1S/C13H18O4/c1-15-11-6-4-10(5-7-11)13-16-9-12(17-13)3-2-8-14/h4-7,12-14H,2-3,8-9H2,1H3/t12-,13?/m0/s1. The van der Waals surface area contributed by atoms with Crippen LogP contribution in [0.2, 0.25) is 0 Å². The lowest BCUT2D eigenvalue weighted by molar-refractivity contribution is -0.0617. The van der Waals surface area contributed by atoms with Gasteiger partial charge in [-0.3, -0.25) is 0 Å². The molecule has 0 aliphatic carbocycles. The molecular weight excluding hydrogens is 220 g/mol. The van der Waals surface area contributed by atoms with Crippen molar-refractivity contribution in [2.45, 2.75) is 25.2 Å². The summed E-state index contributed by atoms with van der Waals surface area (Å²) in [5, 5.41) is 8.76. The van der Waals surface area contributed by atoms with E-state index in [9.17, 15) is 0 Å². The highest BCUT2D eigenvalue weighted by Crippen LogP contribution is 2.29. The van der Waals surface area contributed by atoms with E-state index >= 15 is 0 Å². The molecule has 4 nitrogen and oxygen atoms in total. The van der Waals surface area contributed by atoms with Crippen LogP contribution in [0, 0.1) is 0 Å². The largest absolute Gasteiger partial charge is 0.497 e. The lowest BCUT2D eigenvalue weighted by Crippen LogP contribution is -2.10. The average molecular weight is 238 g/mol. The van der Waals surface area contributed by atoms with Crippen LogP contribution in [0.5, 0.6) is 5.75 Å². The van der Waals surface area contributed by atoms with Gasteiger partial charge in [-0.05, 0) is 25.0 Å². The SMILES string of the molecule is COc1ccc(C2OC[C@H](CCCO)O2)cc1. The Morgan fingerprint density at radius 2 is 2.12 bits per heavy atom. The molecule has 1 aromatic carbocycles. The van der Waals surface area contributed by atoms with Gasteiger partial charge in [0.15, 0.2) is 6.29 Å². The van der Waals surface area contributed by atoms with Gasteiger partial charge in [0.2, 0.25) is 0 Å². The molecule has 0 spiro atoms. The molecule has 0 saturated carbocycles. The number of aliphatic hydroxyl groups is 1. The first-order chi connectivity index (χ1) is 8.33. The Hall–Kier alpha value is -1.10. The van der Waals surface area contributed by atoms with Gasteiger partial charge in [0.25, 0.3) is 0 Å². The Morgan fingerprint density at radius 1 is 1.35 bits per heavy atom. The molecule has 1 heterocycles. The molecule has 1 aliphatic heterocycles. The van der Waals surface area contributed by atoms with Crippen molar-refractivity contribution < 1.29 is 19.3 Å². The van der Waals surface area contributed by atoms with Crippen LogP contribution >= 0.6 is 0 Å². The van der Waals surface area contributed by atoms with Gasteiger partial charge in [0.05, 0.1) is 19.8 Å². The molecule has 1 aliphatic rings. The number of hydrogen-bond donors (Lipinski definition) is 1. The van der Waals surface area contributed by atoms with E-state index in [1.807, 2.05) is 24.3 Å². The van der Waals surface area contributed by atoms with E-state index in [1.165, 1.54) is 0 Å². The Kier molecular flexibility index (Phi) is 4.36. The van der Waals surface area contributed by atoms with E-state index in [0.29, 0.717) is 6.61 Å². The minimum atomic E-state index is -0.287. The predicted octanol–water partition coefficient (Wildman–Crippen LogP) is 1.88. The number of methoxy groups -OCH3 is 1. The number of hydrogen-bond acceptors (Lipinski definition) is 4. The maximum Gasteiger partial charge on any atom is 0.184 e. The first kappa shape index (κ1) is 12.4. The molecule has 2 rings (SSSR count). The van der Waals surface area contributed by atoms with E-state index in [2.05, 4.69) is 0 Å². The molecule has 17 heavy (non-hydrogen) atoms. The summed E-state index contributed by atoms with van der Waals surface area (Å²) in [6.07, 6.45) is 1.39. The lowest BCUT2D eigenvalue weighted by Gasteiger charge is -2.11. The first-order valence-electron chi connectivity index (χ1n) is 5.85. The monoisotopic (exact) mass is 238 g/mol. The molecule has 2 atom stereocenters. The number of ether oxygens (including phenoxy) is 3. The van der Waals surface area contributed by atoms with Crippen molar-refractivity contribution >= 4 is 0 Å². The molecule has 0 amide bonds. The number of aliphatic hydroxyl groups excluding tert-OH is 1. The molecule has 1 saturated heterocycles. The molecule has 1 N–H and O–H groups in total. The fourth-order valence-electron chi connectivity index (χ4n) is 1.85. The van der Waals surface area contributed by atoms with Crippen LogP contribution in [-0.4, -0.2) is 31.5 Å². The van der Waals surface area contributed by atoms with Crippen molar-refractivity contribution in [2.24, 2.45) is 0 Å². The zero-order chi connectivity index (χ0) is 12.1. The summed E-state index contributed by atoms with van der Waals surface area (Å²) in [6, 6.07) is 7.67. The van der Waals surface area contributed by atoms with Crippen molar-refractivity contribution in [3.8, 4) is 5.75 Å². The zero-order valence-corrected chi connectivity index (χ0v) is 9.96. The van der Waals surface area contributed by atoms with Gasteiger partial charge in [-0.25, -0.2) is 0 Å². The third-order valence-electron chi connectivity index (χ3n) is 2.82. The molecule has 0 aromatic heterocycles. The summed E-state index contributed by atoms with van der Waals surface area (Å²) in [6.45, 7) is 0.795. The lowest BCUT2D eigenvalue weighted by atomic mass is 10.2. The van der Waals surface area contributed by atoms with Gasteiger partial charge in [0.1, 0.15) is 5.75 Å². The van der Waals surface area contributed by atoms with Crippen LogP contribution in [0.4, 0.5) is 0 Å². The second-order valence-electron chi connectivity index (χ2n) is 4.06. The minimum Gasteiger partial charge on any atom is -0.497 e. The van der Waals surface area contributed by atoms with Gasteiger partial charge in [-0.1, -0.05) is 12.1 Å². The van der Waals surface area contributed by atoms with Gasteiger partial charge >= 0.3 is 0 Å². The molecule has 0 bridgehead atoms. The molecular formula is C13H18O4. The van der Waals surface area contributed by atoms with Crippen molar-refractivity contribution in [2.75, 3.05) is 20.3 Å². The third kappa shape index (κ3) is 3.19. The smallest absolute Gasteiger partial charge is 0.184 e. The van der Waals surface area contributed by atoms with Crippen LogP contribution in [0.15, 0.2) is 24.3 Å². The Balaban J connectivity index is 1.90. The van der Waals surface area contributed by atoms with Crippen LogP contribution in [0.3, 0.4) is 0 Å². The van der Waals surface area contributed by atoms with E-state index in [1.54, 1.807) is 7.11 Å². The second kappa shape index (κ2) is 6.00. The molecule has 1 fully saturated rings. The highest BCUT2D eigenvalue weighted by atomic mass is 16.7. The van der Waals surface area contributed by atoms with Crippen LogP contribution < -0.4 is 4.74 Å². The van der Waals surface area contributed by atoms with Gasteiger partial charge in [-0.2, -0.15) is 0 Å². The van der Waals surface area contributed by atoms with E-state index in [-0.39, 0.29) is 19.0 Å². The summed E-state index contributed by atoms with van der Waals surface area (Å²) in [5.41, 5.74) is 0.997. The van der Waals surface area contributed by atoms with Crippen molar-refractivity contribution in [3.05, 3.63) is 29.8 Å². The van der Waals surface area contributed by atoms with Gasteiger partial charge < -0.3 is 19.3 Å². The summed E-state index contributed by atoms with van der Waals surface area (Å²) in [5.74, 6) is 0.823. The Morgan fingerprint density at radius 3 is 2.76 bits per heavy atom. The molecule has 94 valence electrons. The van der Waals surface area contributed by atoms with Crippen LogP contribution in [0.25, 0.3) is 0 Å². The van der Waals surface area contributed by atoms with E-state index in [4.69, 9.17) is 19.3 Å². The highest BCUT2D eigenvalue weighted by Gasteiger charge is 2.26. The van der Waals surface area contributed by atoms with Crippen molar-refractivity contribution in [1.29, 1.82) is 0 Å². The van der Waals surface area contributed by atoms with E-state index in [0.717, 1.165) is 24.2 Å². The highest BCUT2D eigenvalue weighted by molar-refractivity contribution is 5.28. The predicted molar refractivity (Wildman–Crippen MR) is 62.9 cm³/mol. The second-order valence-corrected chi connectivity index (χ2v) is 4.06. The topological polar surface area (TPSA) is 47.9 Å². The summed E-state index contributed by atoms with van der Waals surface area (Å²) < 4.78 is 16.4. The molecule has 1 unspecified atom stereocenters. The first-order valence-corrected chi connectivity index (χ1v) is 5.85. The maximum absolute atomic E-state index is 8.76. The zero-order valence-electron chi connectivity index (χ0n) is 9.96. The quantitative estimate of drug-likeness (QED) is 0.851. The summed E-state index contributed by atoms with van der Waals surface area (Å²) in [7, 11) is 1.64. The molecule has 0 radical (unpaired) electrons. The summed E-state index contributed by atoms with van der Waals surface area (Å²) in [4.78, 5) is 0. The van der Waals surface area contributed by atoms with Gasteiger partial charge in [0, 0.05) is 12.2 Å². The Labute approximate surface area is 101 Å². The fraction of sp³-hybridized carbons (Fsp3) is 0.538. The minimum absolute atomic E-state index is 0.0919. The number of benzene rings is 1.